The summed E-state index contributed by atoms with van der Waals surface area (Å²) >= 11 is 6.05. The van der Waals surface area contributed by atoms with E-state index < -0.39 is 10.0 Å². The van der Waals surface area contributed by atoms with Crippen molar-refractivity contribution < 1.29 is 13.2 Å². The molecule has 198 valence electrons. The maximum absolute atomic E-state index is 13.6. The lowest BCUT2D eigenvalue weighted by Crippen LogP contribution is -2.54. The van der Waals surface area contributed by atoms with E-state index in [9.17, 15) is 13.2 Å². The summed E-state index contributed by atoms with van der Waals surface area (Å²) in [5.74, 6) is 0.0584. The molecule has 7 nitrogen and oxygen atoms in total. The fraction of sp³-hybridized carbons (Fsp3) is 0.296. The van der Waals surface area contributed by atoms with Crippen molar-refractivity contribution in [3.05, 3.63) is 95.0 Å². The first-order valence-electron chi connectivity index (χ1n) is 11.9. The highest BCUT2D eigenvalue weighted by Crippen LogP contribution is 2.27. The Morgan fingerprint density at radius 1 is 0.892 bits per heavy atom. The first-order valence-corrected chi connectivity index (χ1v) is 14.2. The number of rotatable bonds is 9. The van der Waals surface area contributed by atoms with Crippen LogP contribution in [0.15, 0.2) is 78.9 Å². The molecule has 1 fully saturated rings. The van der Waals surface area contributed by atoms with E-state index in [4.69, 9.17) is 11.6 Å². The average Bonchev–Trinajstić information content (AvgIpc) is 2.87. The van der Waals surface area contributed by atoms with E-state index in [-0.39, 0.29) is 24.4 Å². The second kappa shape index (κ2) is 13.1. The summed E-state index contributed by atoms with van der Waals surface area (Å²) in [7, 11) is -3.39. The summed E-state index contributed by atoms with van der Waals surface area (Å²) in [6, 6.07) is 24.6. The van der Waals surface area contributed by atoms with Crippen LogP contribution in [0.2, 0.25) is 5.02 Å². The highest BCUT2D eigenvalue weighted by molar-refractivity contribution is 7.92. The fourth-order valence-corrected chi connectivity index (χ4v) is 5.06. The van der Waals surface area contributed by atoms with Gasteiger partial charge in [0.25, 0.3) is 0 Å². The van der Waals surface area contributed by atoms with E-state index >= 15 is 0 Å². The quantitative estimate of drug-likeness (QED) is 0.408. The number of benzene rings is 3. The number of nitrogens with zero attached hydrogens (tertiary/aromatic N) is 2. The molecule has 3 aromatic rings. The third-order valence-electron chi connectivity index (χ3n) is 6.18. The van der Waals surface area contributed by atoms with Crippen molar-refractivity contribution in [3.8, 4) is 0 Å². The molecular weight excluding hydrogens is 531 g/mol. The zero-order valence-corrected chi connectivity index (χ0v) is 23.0. The highest BCUT2D eigenvalue weighted by Gasteiger charge is 2.28. The number of sulfonamides is 1. The fourth-order valence-electron chi connectivity index (χ4n) is 4.36. The smallest absolute Gasteiger partial charge is 0.240 e. The Bertz CT molecular complexity index is 1270. The Kier molecular flexibility index (Phi) is 10.2. The van der Waals surface area contributed by atoms with Crippen LogP contribution in [0.3, 0.4) is 0 Å². The van der Waals surface area contributed by atoms with Gasteiger partial charge in [-0.1, -0.05) is 66.2 Å². The molecular formula is C27H32Cl2N4O3S. The monoisotopic (exact) mass is 562 g/mol. The molecule has 0 aromatic heterocycles. The van der Waals surface area contributed by atoms with Gasteiger partial charge in [0.05, 0.1) is 23.7 Å². The molecule has 2 N–H and O–H groups in total. The van der Waals surface area contributed by atoms with E-state index in [2.05, 4.69) is 14.9 Å². The van der Waals surface area contributed by atoms with Gasteiger partial charge in [-0.25, -0.2) is 8.42 Å². The number of nitrogens with one attached hydrogen (secondary N) is 2. The summed E-state index contributed by atoms with van der Waals surface area (Å²) in [5.41, 5.74) is 3.52. The van der Waals surface area contributed by atoms with Crippen LogP contribution in [0.4, 0.5) is 11.4 Å². The lowest BCUT2D eigenvalue weighted by Gasteiger charge is -2.38. The molecule has 1 aliphatic rings. The highest BCUT2D eigenvalue weighted by atomic mass is 35.5. The summed E-state index contributed by atoms with van der Waals surface area (Å²) in [5, 5.41) is 4.13. The zero-order valence-electron chi connectivity index (χ0n) is 20.6. The van der Waals surface area contributed by atoms with E-state index in [1.54, 1.807) is 12.1 Å². The molecule has 0 spiro atoms. The molecule has 0 unspecified atom stereocenters. The SMILES string of the molecule is CS(=O)(=O)Nc1ccccc1N1CCN(C(=O)[C@@H](Cc2ccc(Cl)cc2)NCc2ccccc2)CC1.Cl. The lowest BCUT2D eigenvalue weighted by molar-refractivity contribution is -0.133. The van der Waals surface area contributed by atoms with Gasteiger partial charge < -0.3 is 15.1 Å². The minimum atomic E-state index is -3.39. The van der Waals surface area contributed by atoms with Gasteiger partial charge in [0, 0.05) is 37.7 Å². The normalized spacial score (nSPS) is 14.5. The molecule has 4 rings (SSSR count). The van der Waals surface area contributed by atoms with Gasteiger partial charge in [0.1, 0.15) is 0 Å². The Labute approximate surface area is 230 Å². The molecule has 1 heterocycles. The van der Waals surface area contributed by atoms with Crippen molar-refractivity contribution in [1.29, 1.82) is 0 Å². The van der Waals surface area contributed by atoms with Crippen LogP contribution >= 0.6 is 24.0 Å². The zero-order chi connectivity index (χ0) is 25.5. The molecule has 0 bridgehead atoms. The largest absolute Gasteiger partial charge is 0.366 e. The molecule has 1 saturated heterocycles. The van der Waals surface area contributed by atoms with E-state index in [0.717, 1.165) is 23.1 Å². The predicted octanol–water partition coefficient (Wildman–Crippen LogP) is 4.18. The molecule has 1 aliphatic heterocycles. The van der Waals surface area contributed by atoms with Gasteiger partial charge in [-0.05, 0) is 41.8 Å². The standard InChI is InChI=1S/C27H31ClN4O3S.ClH/c1-36(34,35)30-24-9-5-6-10-26(24)31-15-17-32(18-16-31)27(33)25(19-21-11-13-23(28)14-12-21)29-20-22-7-3-2-4-8-22;/h2-14,25,29-30H,15-20H2,1H3;1H/t25-;/m1./s1. The number of hydrogen-bond donors (Lipinski definition) is 2. The van der Waals surface area contributed by atoms with Crippen molar-refractivity contribution in [2.75, 3.05) is 42.1 Å². The third-order valence-corrected chi connectivity index (χ3v) is 7.02. The molecule has 1 amide bonds. The topological polar surface area (TPSA) is 81.8 Å². The number of halogens is 2. The average molecular weight is 564 g/mol. The molecule has 0 saturated carbocycles. The maximum Gasteiger partial charge on any atom is 0.240 e. The number of hydrogen-bond acceptors (Lipinski definition) is 5. The van der Waals surface area contributed by atoms with Crippen molar-refractivity contribution >= 4 is 51.3 Å². The maximum atomic E-state index is 13.6. The van der Waals surface area contributed by atoms with Gasteiger partial charge in [-0.15, -0.1) is 12.4 Å². The Morgan fingerprint density at radius 2 is 1.51 bits per heavy atom. The number of amides is 1. The Balaban J connectivity index is 0.00000380. The van der Waals surface area contributed by atoms with Gasteiger partial charge in [-0.3, -0.25) is 9.52 Å². The molecule has 10 heteroatoms. The first-order chi connectivity index (χ1) is 17.3. The number of carbonyl (C=O) groups excluding carboxylic acids is 1. The number of para-hydroxylation sites is 2. The second-order valence-electron chi connectivity index (χ2n) is 8.95. The van der Waals surface area contributed by atoms with Gasteiger partial charge >= 0.3 is 0 Å². The van der Waals surface area contributed by atoms with Crippen LogP contribution in [0, 0.1) is 0 Å². The Hall–Kier alpha value is -2.78. The van der Waals surface area contributed by atoms with Gasteiger partial charge in [0.2, 0.25) is 15.9 Å². The van der Waals surface area contributed by atoms with E-state index in [1.165, 1.54) is 0 Å². The van der Waals surface area contributed by atoms with Crippen molar-refractivity contribution in [3.63, 3.8) is 0 Å². The molecule has 0 radical (unpaired) electrons. The van der Waals surface area contributed by atoms with Crippen LogP contribution in [-0.2, 0) is 27.8 Å². The lowest BCUT2D eigenvalue weighted by atomic mass is 10.0. The van der Waals surface area contributed by atoms with Crippen LogP contribution < -0.4 is 14.9 Å². The predicted molar refractivity (Wildman–Crippen MR) is 153 cm³/mol. The minimum Gasteiger partial charge on any atom is -0.366 e. The van der Waals surface area contributed by atoms with Crippen molar-refractivity contribution in [2.24, 2.45) is 0 Å². The van der Waals surface area contributed by atoms with E-state index in [1.807, 2.05) is 71.6 Å². The van der Waals surface area contributed by atoms with Gasteiger partial charge in [0.15, 0.2) is 0 Å². The molecule has 37 heavy (non-hydrogen) atoms. The summed E-state index contributed by atoms with van der Waals surface area (Å²) in [4.78, 5) is 17.6. The summed E-state index contributed by atoms with van der Waals surface area (Å²) < 4.78 is 26.2. The van der Waals surface area contributed by atoms with Gasteiger partial charge in [-0.2, -0.15) is 0 Å². The first kappa shape index (κ1) is 28.8. The van der Waals surface area contributed by atoms with Crippen LogP contribution in [0.25, 0.3) is 0 Å². The van der Waals surface area contributed by atoms with Crippen molar-refractivity contribution in [2.45, 2.75) is 19.0 Å². The minimum absolute atomic E-state index is 0. The second-order valence-corrected chi connectivity index (χ2v) is 11.1. The van der Waals surface area contributed by atoms with E-state index in [0.29, 0.717) is 49.9 Å². The summed E-state index contributed by atoms with van der Waals surface area (Å²) in [6.07, 6.45) is 1.70. The third kappa shape index (κ3) is 8.36. The Morgan fingerprint density at radius 3 is 2.16 bits per heavy atom. The van der Waals surface area contributed by atoms with Crippen molar-refractivity contribution in [1.82, 2.24) is 10.2 Å². The van der Waals surface area contributed by atoms with Crippen LogP contribution in [0.1, 0.15) is 11.1 Å². The summed E-state index contributed by atoms with van der Waals surface area (Å²) in [6.45, 7) is 2.92. The molecule has 1 atom stereocenters. The number of piperazine rings is 1. The van der Waals surface area contributed by atoms with Crippen LogP contribution in [-0.4, -0.2) is 57.7 Å². The van der Waals surface area contributed by atoms with Crippen LogP contribution in [0.5, 0.6) is 0 Å². The number of anilines is 2. The molecule has 3 aromatic carbocycles. The number of carbonyl (C=O) groups is 1. The molecule has 0 aliphatic carbocycles.